The van der Waals surface area contributed by atoms with Gasteiger partial charge in [-0.25, -0.2) is 4.98 Å². The summed E-state index contributed by atoms with van der Waals surface area (Å²) in [4.78, 5) is 40.4. The Morgan fingerprint density at radius 2 is 1.93 bits per heavy atom. The smallest absolute Gasteiger partial charge is 0.267 e. The van der Waals surface area contributed by atoms with Gasteiger partial charge in [0.1, 0.15) is 0 Å². The van der Waals surface area contributed by atoms with Crippen LogP contribution in [0.25, 0.3) is 0 Å². The number of nitrogens with two attached hydrogens (primary N) is 1. The monoisotopic (exact) mass is 434 g/mol. The van der Waals surface area contributed by atoms with Gasteiger partial charge in [0.05, 0.1) is 32.6 Å². The minimum atomic E-state index is -0.490. The Bertz CT molecular complexity index is 1060. The lowest BCUT2D eigenvalue weighted by molar-refractivity contribution is -0.117. The fourth-order valence-corrected chi connectivity index (χ4v) is 4.26. The number of rotatable bonds is 6. The molecule has 2 aromatic heterocycles. The molecular formula is C18H15ClN4O3S2. The van der Waals surface area contributed by atoms with E-state index in [1.54, 1.807) is 42.6 Å². The van der Waals surface area contributed by atoms with Crippen molar-refractivity contribution in [1.29, 1.82) is 0 Å². The highest BCUT2D eigenvalue weighted by Gasteiger charge is 2.18. The van der Waals surface area contributed by atoms with Gasteiger partial charge in [0.15, 0.2) is 5.13 Å². The van der Waals surface area contributed by atoms with Crippen LogP contribution in [0.15, 0.2) is 35.7 Å². The molecule has 144 valence electrons. The lowest BCUT2D eigenvalue weighted by Gasteiger charge is -2.04. The first-order valence-corrected chi connectivity index (χ1v) is 10.1. The number of amides is 3. The summed E-state index contributed by atoms with van der Waals surface area (Å²) in [5, 5.41) is 8.36. The van der Waals surface area contributed by atoms with E-state index >= 15 is 0 Å². The SMILES string of the molecule is Cc1cc(NC(=O)c2ccccc2Cl)sc1C(=O)Nc1nc(CC(N)=O)cs1. The average Bonchev–Trinajstić information content (AvgIpc) is 3.20. The van der Waals surface area contributed by atoms with Crippen molar-refractivity contribution in [2.45, 2.75) is 13.3 Å². The van der Waals surface area contributed by atoms with Gasteiger partial charge < -0.3 is 11.1 Å². The summed E-state index contributed by atoms with van der Waals surface area (Å²) in [6.45, 7) is 1.77. The molecule has 0 aliphatic carbocycles. The molecular weight excluding hydrogens is 420 g/mol. The van der Waals surface area contributed by atoms with Crippen molar-refractivity contribution < 1.29 is 14.4 Å². The minimum absolute atomic E-state index is 0.0165. The molecule has 0 saturated carbocycles. The van der Waals surface area contributed by atoms with Gasteiger partial charge in [-0.15, -0.1) is 22.7 Å². The number of halogens is 1. The Kier molecular flexibility index (Phi) is 6.08. The maximum atomic E-state index is 12.5. The van der Waals surface area contributed by atoms with E-state index in [0.29, 0.717) is 36.9 Å². The number of hydrogen-bond acceptors (Lipinski definition) is 6. The fourth-order valence-electron chi connectivity index (χ4n) is 2.37. The number of benzene rings is 1. The number of carbonyl (C=O) groups excluding carboxylic acids is 3. The number of thiophene rings is 1. The highest BCUT2D eigenvalue weighted by Crippen LogP contribution is 2.29. The normalized spacial score (nSPS) is 10.5. The van der Waals surface area contributed by atoms with Gasteiger partial charge in [-0.2, -0.15) is 0 Å². The number of aromatic nitrogens is 1. The van der Waals surface area contributed by atoms with E-state index in [9.17, 15) is 14.4 Å². The number of nitrogens with one attached hydrogen (secondary N) is 2. The minimum Gasteiger partial charge on any atom is -0.369 e. The number of carbonyl (C=O) groups is 3. The predicted molar refractivity (Wildman–Crippen MR) is 111 cm³/mol. The molecule has 0 bridgehead atoms. The molecule has 7 nitrogen and oxygen atoms in total. The van der Waals surface area contributed by atoms with Crippen molar-refractivity contribution in [2.24, 2.45) is 5.73 Å². The molecule has 4 N–H and O–H groups in total. The Labute approximate surface area is 173 Å². The van der Waals surface area contributed by atoms with Crippen LogP contribution in [0.4, 0.5) is 10.1 Å². The molecule has 0 saturated heterocycles. The van der Waals surface area contributed by atoms with Gasteiger partial charge >= 0.3 is 0 Å². The van der Waals surface area contributed by atoms with E-state index in [0.717, 1.165) is 11.3 Å². The van der Waals surface area contributed by atoms with Crippen LogP contribution in [-0.4, -0.2) is 22.7 Å². The van der Waals surface area contributed by atoms with Crippen molar-refractivity contribution >= 4 is 62.1 Å². The molecule has 1 aromatic carbocycles. The summed E-state index contributed by atoms with van der Waals surface area (Å²) in [6, 6.07) is 8.44. The van der Waals surface area contributed by atoms with E-state index in [2.05, 4.69) is 15.6 Å². The van der Waals surface area contributed by atoms with Crippen LogP contribution < -0.4 is 16.4 Å². The third-order valence-corrected chi connectivity index (χ3v) is 5.89. The van der Waals surface area contributed by atoms with Gasteiger partial charge in [-0.05, 0) is 30.7 Å². The van der Waals surface area contributed by atoms with E-state index in [1.165, 1.54) is 11.3 Å². The molecule has 0 atom stereocenters. The van der Waals surface area contributed by atoms with Crippen molar-refractivity contribution in [2.75, 3.05) is 10.6 Å². The largest absolute Gasteiger partial charge is 0.369 e. The van der Waals surface area contributed by atoms with Gasteiger partial charge in [0, 0.05) is 5.38 Å². The van der Waals surface area contributed by atoms with Gasteiger partial charge in [0.25, 0.3) is 11.8 Å². The van der Waals surface area contributed by atoms with Crippen molar-refractivity contribution in [3.8, 4) is 0 Å². The standard InChI is InChI=1S/C18H15ClN4O3S2/c1-9-6-14(22-16(25)11-4-2-3-5-12(11)19)28-15(9)17(26)23-18-21-10(8-27-18)7-13(20)24/h2-6,8H,7H2,1H3,(H2,20,24)(H,22,25)(H,21,23,26). The van der Waals surface area contributed by atoms with Gasteiger partial charge in [-0.1, -0.05) is 23.7 Å². The maximum absolute atomic E-state index is 12.5. The zero-order valence-electron chi connectivity index (χ0n) is 14.6. The van der Waals surface area contributed by atoms with Gasteiger partial charge in [0.2, 0.25) is 5.91 Å². The Balaban J connectivity index is 1.70. The molecule has 0 radical (unpaired) electrons. The highest BCUT2D eigenvalue weighted by atomic mass is 35.5. The molecule has 28 heavy (non-hydrogen) atoms. The first-order valence-electron chi connectivity index (χ1n) is 8.04. The summed E-state index contributed by atoms with van der Waals surface area (Å²) < 4.78 is 0. The summed E-state index contributed by atoms with van der Waals surface area (Å²) in [6.07, 6.45) is 0.0165. The number of anilines is 2. The fraction of sp³-hybridized carbons (Fsp3) is 0.111. The molecule has 0 aliphatic rings. The lowest BCUT2D eigenvalue weighted by Crippen LogP contribution is -2.14. The molecule has 3 rings (SSSR count). The molecule has 3 aromatic rings. The zero-order valence-corrected chi connectivity index (χ0v) is 17.0. The molecule has 0 aliphatic heterocycles. The van der Waals surface area contributed by atoms with E-state index in [-0.39, 0.29) is 18.2 Å². The topological polar surface area (TPSA) is 114 Å². The molecule has 2 heterocycles. The van der Waals surface area contributed by atoms with Crippen LogP contribution in [0.3, 0.4) is 0 Å². The van der Waals surface area contributed by atoms with E-state index in [4.69, 9.17) is 17.3 Å². The molecule has 0 unspecified atom stereocenters. The third-order valence-electron chi connectivity index (χ3n) is 3.61. The van der Waals surface area contributed by atoms with Crippen molar-refractivity contribution in [3.05, 3.63) is 62.4 Å². The number of primary amides is 1. The van der Waals surface area contributed by atoms with Crippen LogP contribution in [0.1, 0.15) is 31.3 Å². The zero-order chi connectivity index (χ0) is 20.3. The Hall–Kier alpha value is -2.75. The number of nitrogens with zero attached hydrogens (tertiary/aromatic N) is 1. The second-order valence-corrected chi connectivity index (χ2v) is 8.12. The summed E-state index contributed by atoms with van der Waals surface area (Å²) in [7, 11) is 0. The molecule has 0 spiro atoms. The van der Waals surface area contributed by atoms with Crippen LogP contribution in [0, 0.1) is 6.92 Å². The molecule has 3 amide bonds. The highest BCUT2D eigenvalue weighted by molar-refractivity contribution is 7.18. The maximum Gasteiger partial charge on any atom is 0.267 e. The second-order valence-electron chi connectivity index (χ2n) is 5.80. The van der Waals surface area contributed by atoms with Crippen LogP contribution in [-0.2, 0) is 11.2 Å². The summed E-state index contributed by atoms with van der Waals surface area (Å²) in [5.41, 5.74) is 6.71. The van der Waals surface area contributed by atoms with Gasteiger partial charge in [-0.3, -0.25) is 19.7 Å². The summed E-state index contributed by atoms with van der Waals surface area (Å²) in [5.74, 6) is -1.19. The number of hydrogen-bond donors (Lipinski definition) is 3. The van der Waals surface area contributed by atoms with Crippen LogP contribution in [0.5, 0.6) is 0 Å². The number of thiazole rings is 1. The third kappa shape index (κ3) is 4.75. The Morgan fingerprint density at radius 1 is 1.18 bits per heavy atom. The van der Waals surface area contributed by atoms with E-state index in [1.807, 2.05) is 0 Å². The summed E-state index contributed by atoms with van der Waals surface area (Å²) >= 11 is 8.39. The van der Waals surface area contributed by atoms with Crippen molar-refractivity contribution in [3.63, 3.8) is 0 Å². The first kappa shape index (κ1) is 20.0. The number of aryl methyl sites for hydroxylation is 1. The Morgan fingerprint density at radius 3 is 2.64 bits per heavy atom. The van der Waals surface area contributed by atoms with E-state index < -0.39 is 5.91 Å². The van der Waals surface area contributed by atoms with Crippen LogP contribution in [0.2, 0.25) is 5.02 Å². The predicted octanol–water partition coefficient (Wildman–Crippen LogP) is 3.70. The first-order chi connectivity index (χ1) is 13.3. The average molecular weight is 435 g/mol. The van der Waals surface area contributed by atoms with Crippen molar-refractivity contribution in [1.82, 2.24) is 4.98 Å². The molecule has 10 heteroatoms. The lowest BCUT2D eigenvalue weighted by atomic mass is 10.2. The quantitative estimate of drug-likeness (QED) is 0.548. The second kappa shape index (κ2) is 8.51. The molecule has 0 fully saturated rings. The van der Waals surface area contributed by atoms with Crippen LogP contribution >= 0.6 is 34.3 Å².